The molecule has 0 saturated carbocycles. The first-order valence-electron chi connectivity index (χ1n) is 4.75. The largest absolute Gasteiger partial charge is 0.469 e. The molecule has 0 fully saturated rings. The maximum Gasteiger partial charge on any atom is 0.313 e. The second-order valence-electron chi connectivity index (χ2n) is 3.95. The van der Waals surface area contributed by atoms with Crippen LogP contribution in [0.2, 0.25) is 0 Å². The van der Waals surface area contributed by atoms with Gasteiger partial charge in [0, 0.05) is 6.20 Å². The molecule has 0 aliphatic rings. The molecule has 0 aromatic carbocycles. The van der Waals surface area contributed by atoms with Gasteiger partial charge in [-0.25, -0.2) is 0 Å². The van der Waals surface area contributed by atoms with Crippen molar-refractivity contribution in [1.29, 1.82) is 0 Å². The summed E-state index contributed by atoms with van der Waals surface area (Å²) in [4.78, 5) is 15.6. The van der Waals surface area contributed by atoms with Crippen molar-refractivity contribution in [2.45, 2.75) is 19.9 Å². The fraction of sp³-hybridized carbons (Fsp3) is 0.455. The van der Waals surface area contributed by atoms with Gasteiger partial charge < -0.3 is 10.5 Å². The molecule has 0 radical (unpaired) electrons. The lowest BCUT2D eigenvalue weighted by Crippen LogP contribution is -2.37. The Kier molecular flexibility index (Phi) is 3.42. The van der Waals surface area contributed by atoms with Crippen LogP contribution in [-0.2, 0) is 9.53 Å². The number of methoxy groups -OCH3 is 1. The predicted molar refractivity (Wildman–Crippen MR) is 57.0 cm³/mol. The van der Waals surface area contributed by atoms with Gasteiger partial charge in [-0.3, -0.25) is 9.78 Å². The minimum atomic E-state index is -0.775. The summed E-state index contributed by atoms with van der Waals surface area (Å²) >= 11 is 0. The number of nitrogens with zero attached hydrogens (tertiary/aromatic N) is 1. The topological polar surface area (TPSA) is 65.2 Å². The zero-order valence-corrected chi connectivity index (χ0v) is 9.23. The van der Waals surface area contributed by atoms with Gasteiger partial charge in [0.1, 0.15) is 0 Å². The molecule has 15 heavy (non-hydrogen) atoms. The van der Waals surface area contributed by atoms with E-state index in [1.165, 1.54) is 7.11 Å². The van der Waals surface area contributed by atoms with Crippen LogP contribution >= 0.6 is 0 Å². The van der Waals surface area contributed by atoms with Crippen LogP contribution in [0.15, 0.2) is 24.4 Å². The van der Waals surface area contributed by atoms with Crippen LogP contribution < -0.4 is 5.73 Å². The first-order valence-corrected chi connectivity index (χ1v) is 4.75. The molecule has 4 heteroatoms. The summed E-state index contributed by atoms with van der Waals surface area (Å²) in [5.41, 5.74) is 5.90. The average molecular weight is 208 g/mol. The Labute approximate surface area is 89.5 Å². The molecule has 82 valence electrons. The number of hydrogen-bond acceptors (Lipinski definition) is 4. The number of hydrogen-bond donors (Lipinski definition) is 1. The summed E-state index contributed by atoms with van der Waals surface area (Å²) in [5.74, 6) is -0.333. The number of carbonyl (C=O) groups excluding carboxylic acids is 1. The Morgan fingerprint density at radius 1 is 1.53 bits per heavy atom. The van der Waals surface area contributed by atoms with Crippen LogP contribution in [0.4, 0.5) is 0 Å². The number of ether oxygens (including phenoxy) is 1. The van der Waals surface area contributed by atoms with E-state index in [-0.39, 0.29) is 5.97 Å². The second kappa shape index (κ2) is 4.40. The predicted octanol–water partition coefficient (Wildman–Crippen LogP) is 1.28. The first kappa shape index (κ1) is 11.7. The molecular formula is C11H16N2O2. The quantitative estimate of drug-likeness (QED) is 0.760. The Balaban J connectivity index is 2.94. The zero-order chi connectivity index (χ0) is 11.5. The lowest BCUT2D eigenvalue weighted by molar-refractivity contribution is -0.152. The smallest absolute Gasteiger partial charge is 0.313 e. The first-order chi connectivity index (χ1) is 7.00. The van der Waals surface area contributed by atoms with E-state index in [0.29, 0.717) is 5.69 Å². The van der Waals surface area contributed by atoms with Gasteiger partial charge in [-0.2, -0.15) is 0 Å². The molecule has 0 spiro atoms. The van der Waals surface area contributed by atoms with Crippen LogP contribution in [0, 0.1) is 5.41 Å². The molecule has 0 saturated heterocycles. The summed E-state index contributed by atoms with van der Waals surface area (Å²) in [7, 11) is 1.36. The van der Waals surface area contributed by atoms with E-state index in [1.54, 1.807) is 32.2 Å². The third-order valence-electron chi connectivity index (χ3n) is 2.50. The number of rotatable bonds is 3. The summed E-state index contributed by atoms with van der Waals surface area (Å²) in [6.45, 7) is 3.50. The molecular weight excluding hydrogens is 192 g/mol. The number of pyridine rings is 1. The molecule has 1 aromatic rings. The van der Waals surface area contributed by atoms with E-state index < -0.39 is 11.5 Å². The van der Waals surface area contributed by atoms with E-state index in [1.807, 2.05) is 6.07 Å². The van der Waals surface area contributed by atoms with Gasteiger partial charge in [-0.1, -0.05) is 6.07 Å². The van der Waals surface area contributed by atoms with Crippen LogP contribution in [0.1, 0.15) is 25.6 Å². The molecule has 0 aliphatic carbocycles. The van der Waals surface area contributed by atoms with Crippen molar-refractivity contribution in [1.82, 2.24) is 4.98 Å². The van der Waals surface area contributed by atoms with Crippen molar-refractivity contribution in [3.05, 3.63) is 30.1 Å². The van der Waals surface area contributed by atoms with E-state index in [2.05, 4.69) is 4.98 Å². The summed E-state index contributed by atoms with van der Waals surface area (Å²) in [5, 5.41) is 0. The zero-order valence-electron chi connectivity index (χ0n) is 9.23. The van der Waals surface area contributed by atoms with Crippen molar-refractivity contribution in [3.8, 4) is 0 Å². The van der Waals surface area contributed by atoms with Gasteiger partial charge in [0.25, 0.3) is 0 Å². The van der Waals surface area contributed by atoms with Crippen molar-refractivity contribution in [2.24, 2.45) is 11.1 Å². The van der Waals surface area contributed by atoms with Crippen LogP contribution in [-0.4, -0.2) is 18.1 Å². The fourth-order valence-electron chi connectivity index (χ4n) is 1.32. The molecule has 2 N–H and O–H groups in total. The molecule has 0 amide bonds. The maximum atomic E-state index is 11.5. The number of aromatic nitrogens is 1. The van der Waals surface area contributed by atoms with Gasteiger partial charge in [0.2, 0.25) is 0 Å². The molecule has 1 rings (SSSR count). The van der Waals surface area contributed by atoms with Crippen LogP contribution in [0.25, 0.3) is 0 Å². The highest BCUT2D eigenvalue weighted by molar-refractivity contribution is 5.76. The normalized spacial score (nSPS) is 13.3. The molecule has 0 bridgehead atoms. The summed E-state index contributed by atoms with van der Waals surface area (Å²) in [6, 6.07) is 4.98. The molecule has 0 aliphatic heterocycles. The maximum absolute atomic E-state index is 11.5. The minimum Gasteiger partial charge on any atom is -0.469 e. The third-order valence-corrected chi connectivity index (χ3v) is 2.50. The standard InChI is InChI=1S/C11H16N2O2/c1-11(2,10(14)15-3)9(12)8-6-4-5-7-13-8/h4-7,9H,12H2,1-3H3/t9-/m1/s1. The van der Waals surface area contributed by atoms with E-state index in [9.17, 15) is 4.79 Å². The van der Waals surface area contributed by atoms with Crippen molar-refractivity contribution in [3.63, 3.8) is 0 Å². The van der Waals surface area contributed by atoms with Gasteiger partial charge in [0.15, 0.2) is 0 Å². The molecule has 0 unspecified atom stereocenters. The Morgan fingerprint density at radius 3 is 2.67 bits per heavy atom. The lowest BCUT2D eigenvalue weighted by Gasteiger charge is -2.27. The van der Waals surface area contributed by atoms with Gasteiger partial charge >= 0.3 is 5.97 Å². The molecule has 4 nitrogen and oxygen atoms in total. The minimum absolute atomic E-state index is 0.333. The number of esters is 1. The molecule has 1 atom stereocenters. The Hall–Kier alpha value is -1.42. The summed E-state index contributed by atoms with van der Waals surface area (Å²) < 4.78 is 4.71. The van der Waals surface area contributed by atoms with E-state index in [4.69, 9.17) is 10.5 Å². The summed E-state index contributed by atoms with van der Waals surface area (Å²) in [6.07, 6.45) is 1.66. The fourth-order valence-corrected chi connectivity index (χ4v) is 1.32. The van der Waals surface area contributed by atoms with Crippen molar-refractivity contribution >= 4 is 5.97 Å². The monoisotopic (exact) mass is 208 g/mol. The van der Waals surface area contributed by atoms with Gasteiger partial charge in [0.05, 0.1) is 24.3 Å². The highest BCUT2D eigenvalue weighted by atomic mass is 16.5. The number of carbonyl (C=O) groups is 1. The van der Waals surface area contributed by atoms with Crippen molar-refractivity contribution < 1.29 is 9.53 Å². The van der Waals surface area contributed by atoms with Gasteiger partial charge in [-0.05, 0) is 26.0 Å². The van der Waals surface area contributed by atoms with Crippen molar-refractivity contribution in [2.75, 3.05) is 7.11 Å². The van der Waals surface area contributed by atoms with E-state index >= 15 is 0 Å². The highest BCUT2D eigenvalue weighted by Crippen LogP contribution is 2.31. The Bertz CT molecular complexity index is 336. The highest BCUT2D eigenvalue weighted by Gasteiger charge is 2.37. The van der Waals surface area contributed by atoms with E-state index in [0.717, 1.165) is 0 Å². The second-order valence-corrected chi connectivity index (χ2v) is 3.95. The molecule has 1 heterocycles. The van der Waals surface area contributed by atoms with Crippen LogP contribution in [0.3, 0.4) is 0 Å². The average Bonchev–Trinajstić information content (AvgIpc) is 2.28. The van der Waals surface area contributed by atoms with Crippen LogP contribution in [0.5, 0.6) is 0 Å². The third kappa shape index (κ3) is 2.33. The molecule has 1 aromatic heterocycles. The number of nitrogens with two attached hydrogens (primary N) is 1. The SMILES string of the molecule is COC(=O)C(C)(C)[C@H](N)c1ccccn1. The Morgan fingerprint density at radius 2 is 2.20 bits per heavy atom. The van der Waals surface area contributed by atoms with Gasteiger partial charge in [-0.15, -0.1) is 0 Å². The lowest BCUT2D eigenvalue weighted by atomic mass is 9.83.